The molecule has 2 heterocycles. The second-order valence-corrected chi connectivity index (χ2v) is 6.22. The molecule has 106 valence electrons. The summed E-state index contributed by atoms with van der Waals surface area (Å²) in [6.45, 7) is 0.800. The van der Waals surface area contributed by atoms with Crippen molar-refractivity contribution >= 4 is 11.8 Å². The molecule has 1 aromatic heterocycles. The van der Waals surface area contributed by atoms with Crippen LogP contribution in [0.3, 0.4) is 0 Å². The van der Waals surface area contributed by atoms with Crippen LogP contribution in [0.5, 0.6) is 0 Å². The highest BCUT2D eigenvalue weighted by molar-refractivity contribution is 7.99. The van der Waals surface area contributed by atoms with Gasteiger partial charge in [0.1, 0.15) is 5.82 Å². The van der Waals surface area contributed by atoms with Gasteiger partial charge in [0, 0.05) is 29.5 Å². The van der Waals surface area contributed by atoms with Crippen molar-refractivity contribution in [3.63, 3.8) is 0 Å². The van der Waals surface area contributed by atoms with Crippen molar-refractivity contribution in [2.24, 2.45) is 0 Å². The summed E-state index contributed by atoms with van der Waals surface area (Å²) in [5, 5.41) is 10.7. The molecule has 0 amide bonds. The smallest absolute Gasteiger partial charge is 0.123 e. The lowest BCUT2D eigenvalue weighted by Gasteiger charge is -2.22. The van der Waals surface area contributed by atoms with Crippen LogP contribution in [0.4, 0.5) is 4.39 Å². The maximum atomic E-state index is 13.0. The van der Waals surface area contributed by atoms with Crippen molar-refractivity contribution in [2.75, 3.05) is 11.5 Å². The van der Waals surface area contributed by atoms with Crippen LogP contribution in [-0.4, -0.2) is 27.7 Å². The fourth-order valence-corrected chi connectivity index (χ4v) is 3.57. The van der Waals surface area contributed by atoms with Crippen LogP contribution < -0.4 is 5.32 Å². The number of rotatable bonds is 4. The number of nitrogens with zero attached hydrogens (tertiary/aromatic N) is 1. The second kappa shape index (κ2) is 6.41. The van der Waals surface area contributed by atoms with Crippen LogP contribution in [0.1, 0.15) is 18.4 Å². The highest BCUT2D eigenvalue weighted by atomic mass is 32.2. The van der Waals surface area contributed by atoms with E-state index in [-0.39, 0.29) is 5.82 Å². The number of benzene rings is 1. The summed E-state index contributed by atoms with van der Waals surface area (Å²) in [6, 6.07) is 7.10. The van der Waals surface area contributed by atoms with Crippen molar-refractivity contribution in [3.8, 4) is 11.3 Å². The third-order valence-electron chi connectivity index (χ3n) is 3.59. The number of halogens is 1. The first kappa shape index (κ1) is 13.6. The van der Waals surface area contributed by atoms with Gasteiger partial charge in [-0.3, -0.25) is 5.10 Å². The van der Waals surface area contributed by atoms with Gasteiger partial charge >= 0.3 is 0 Å². The molecule has 0 bridgehead atoms. The van der Waals surface area contributed by atoms with Crippen molar-refractivity contribution < 1.29 is 4.39 Å². The Morgan fingerprint density at radius 2 is 2.20 bits per heavy atom. The first-order valence-corrected chi connectivity index (χ1v) is 8.08. The second-order valence-electron chi connectivity index (χ2n) is 5.07. The largest absolute Gasteiger partial charge is 0.309 e. The molecule has 0 unspecified atom stereocenters. The highest BCUT2D eigenvalue weighted by Crippen LogP contribution is 2.22. The molecule has 20 heavy (non-hydrogen) atoms. The SMILES string of the molecule is Fc1ccc(-c2[nH]ncc2CN[C@H]2CCCSC2)cc1. The minimum atomic E-state index is -0.216. The van der Waals surface area contributed by atoms with Gasteiger partial charge in [-0.1, -0.05) is 0 Å². The van der Waals surface area contributed by atoms with Gasteiger partial charge in [-0.25, -0.2) is 4.39 Å². The van der Waals surface area contributed by atoms with Gasteiger partial charge in [0.05, 0.1) is 11.9 Å². The zero-order valence-electron chi connectivity index (χ0n) is 11.2. The summed E-state index contributed by atoms with van der Waals surface area (Å²) < 4.78 is 13.0. The molecular formula is C15H18FN3S. The minimum Gasteiger partial charge on any atom is -0.309 e. The number of nitrogens with one attached hydrogen (secondary N) is 2. The molecule has 2 N–H and O–H groups in total. The summed E-state index contributed by atoms with van der Waals surface area (Å²) in [5.41, 5.74) is 3.08. The molecule has 0 aliphatic carbocycles. The number of aromatic amines is 1. The van der Waals surface area contributed by atoms with E-state index in [0.29, 0.717) is 6.04 Å². The fourth-order valence-electron chi connectivity index (χ4n) is 2.47. The molecule has 1 saturated heterocycles. The molecule has 0 spiro atoms. The van der Waals surface area contributed by atoms with E-state index in [0.717, 1.165) is 23.4 Å². The highest BCUT2D eigenvalue weighted by Gasteiger charge is 2.14. The standard InChI is InChI=1S/C15H18FN3S/c16-13-5-3-11(4-6-13)15-12(9-18-19-15)8-17-14-2-1-7-20-10-14/h3-6,9,14,17H,1-2,7-8,10H2,(H,18,19)/t14-/m0/s1. The monoisotopic (exact) mass is 291 g/mol. The van der Waals surface area contributed by atoms with Gasteiger partial charge in [0.2, 0.25) is 0 Å². The summed E-state index contributed by atoms with van der Waals surface area (Å²) in [6.07, 6.45) is 4.39. The van der Waals surface area contributed by atoms with Crippen molar-refractivity contribution in [3.05, 3.63) is 41.8 Å². The molecule has 5 heteroatoms. The number of thioether (sulfide) groups is 1. The van der Waals surface area contributed by atoms with Gasteiger partial charge in [-0.2, -0.15) is 16.9 Å². The van der Waals surface area contributed by atoms with E-state index >= 15 is 0 Å². The molecular weight excluding hydrogens is 273 g/mol. The van der Waals surface area contributed by atoms with Crippen LogP contribution in [0.25, 0.3) is 11.3 Å². The topological polar surface area (TPSA) is 40.7 Å². The summed E-state index contributed by atoms with van der Waals surface area (Å²) >= 11 is 2.01. The summed E-state index contributed by atoms with van der Waals surface area (Å²) in [7, 11) is 0. The molecule has 1 aromatic carbocycles. The first-order chi connectivity index (χ1) is 9.83. The first-order valence-electron chi connectivity index (χ1n) is 6.92. The zero-order valence-corrected chi connectivity index (χ0v) is 12.0. The van der Waals surface area contributed by atoms with Crippen LogP contribution >= 0.6 is 11.8 Å². The Hall–Kier alpha value is -1.33. The molecule has 1 aliphatic heterocycles. The van der Waals surface area contributed by atoms with Crippen LogP contribution in [0.15, 0.2) is 30.5 Å². The average molecular weight is 291 g/mol. The lowest BCUT2D eigenvalue weighted by Crippen LogP contribution is -2.33. The summed E-state index contributed by atoms with van der Waals surface area (Å²) in [5.74, 6) is 2.25. The predicted octanol–water partition coefficient (Wildman–Crippen LogP) is 3.20. The number of hydrogen-bond acceptors (Lipinski definition) is 3. The third-order valence-corrected chi connectivity index (χ3v) is 4.81. The van der Waals surface area contributed by atoms with E-state index in [9.17, 15) is 4.39 Å². The molecule has 3 nitrogen and oxygen atoms in total. The normalized spacial score (nSPS) is 19.1. The van der Waals surface area contributed by atoms with Gasteiger partial charge in [-0.15, -0.1) is 0 Å². The van der Waals surface area contributed by atoms with E-state index in [1.54, 1.807) is 12.1 Å². The number of aromatic nitrogens is 2. The Bertz CT molecular complexity index is 547. The van der Waals surface area contributed by atoms with Crippen molar-refractivity contribution in [1.82, 2.24) is 15.5 Å². The lowest BCUT2D eigenvalue weighted by atomic mass is 10.1. The van der Waals surface area contributed by atoms with Crippen LogP contribution in [-0.2, 0) is 6.54 Å². The predicted molar refractivity (Wildman–Crippen MR) is 81.2 cm³/mol. The Morgan fingerprint density at radius 1 is 1.35 bits per heavy atom. The lowest BCUT2D eigenvalue weighted by molar-refractivity contribution is 0.508. The minimum absolute atomic E-state index is 0.216. The zero-order chi connectivity index (χ0) is 13.8. The van der Waals surface area contributed by atoms with E-state index in [4.69, 9.17) is 0 Å². The van der Waals surface area contributed by atoms with E-state index in [1.165, 1.54) is 36.5 Å². The maximum absolute atomic E-state index is 13.0. The quantitative estimate of drug-likeness (QED) is 0.909. The van der Waals surface area contributed by atoms with Gasteiger partial charge in [0.15, 0.2) is 0 Å². The number of hydrogen-bond donors (Lipinski definition) is 2. The molecule has 0 saturated carbocycles. The molecule has 1 aliphatic rings. The van der Waals surface area contributed by atoms with Crippen LogP contribution in [0.2, 0.25) is 0 Å². The Morgan fingerprint density at radius 3 is 2.95 bits per heavy atom. The third kappa shape index (κ3) is 3.22. The molecule has 1 atom stereocenters. The maximum Gasteiger partial charge on any atom is 0.123 e. The van der Waals surface area contributed by atoms with E-state index in [2.05, 4.69) is 15.5 Å². The average Bonchev–Trinajstić information content (AvgIpc) is 2.95. The summed E-state index contributed by atoms with van der Waals surface area (Å²) in [4.78, 5) is 0. The van der Waals surface area contributed by atoms with Crippen LogP contribution in [0, 0.1) is 5.82 Å². The van der Waals surface area contributed by atoms with Crippen molar-refractivity contribution in [1.29, 1.82) is 0 Å². The van der Waals surface area contributed by atoms with Crippen molar-refractivity contribution in [2.45, 2.75) is 25.4 Å². The van der Waals surface area contributed by atoms with Gasteiger partial charge in [-0.05, 0) is 42.9 Å². The van der Waals surface area contributed by atoms with E-state index < -0.39 is 0 Å². The molecule has 0 radical (unpaired) electrons. The van der Waals surface area contributed by atoms with Gasteiger partial charge < -0.3 is 5.32 Å². The fraction of sp³-hybridized carbons (Fsp3) is 0.400. The molecule has 2 aromatic rings. The van der Waals surface area contributed by atoms with Gasteiger partial charge in [0.25, 0.3) is 0 Å². The Kier molecular flexibility index (Phi) is 4.38. The van der Waals surface area contributed by atoms with E-state index in [1.807, 2.05) is 18.0 Å². The Labute approximate surface area is 122 Å². The Balaban J connectivity index is 1.68. The molecule has 3 rings (SSSR count). The number of H-pyrrole nitrogens is 1. The molecule has 1 fully saturated rings.